The van der Waals surface area contributed by atoms with Gasteiger partial charge in [0.15, 0.2) is 21.3 Å². The average molecular weight is 474 g/mol. The number of hydrogen-bond donors (Lipinski definition) is 1. The van der Waals surface area contributed by atoms with Crippen LogP contribution in [0.25, 0.3) is 16.9 Å². The summed E-state index contributed by atoms with van der Waals surface area (Å²) in [6.07, 6.45) is 4.13. The van der Waals surface area contributed by atoms with Crippen molar-refractivity contribution >= 4 is 26.8 Å². The molecule has 4 heterocycles. The second-order valence-electron chi connectivity index (χ2n) is 8.92. The lowest BCUT2D eigenvalue weighted by atomic mass is 10.0. The van der Waals surface area contributed by atoms with E-state index in [0.29, 0.717) is 50.9 Å². The predicted molar refractivity (Wildman–Crippen MR) is 127 cm³/mol. The van der Waals surface area contributed by atoms with Crippen LogP contribution in [0.2, 0.25) is 0 Å². The van der Waals surface area contributed by atoms with Gasteiger partial charge >= 0.3 is 0 Å². The molecule has 1 aromatic carbocycles. The van der Waals surface area contributed by atoms with Crippen molar-refractivity contribution < 1.29 is 13.2 Å². The molecule has 0 radical (unpaired) electrons. The number of carbonyl (C=O) groups excluding carboxylic acids is 1. The van der Waals surface area contributed by atoms with Gasteiger partial charge in [-0.05, 0) is 56.0 Å². The van der Waals surface area contributed by atoms with Gasteiger partial charge < -0.3 is 5.32 Å². The van der Waals surface area contributed by atoms with Gasteiger partial charge in [0.2, 0.25) is 0 Å². The van der Waals surface area contributed by atoms with Crippen molar-refractivity contribution in [2.45, 2.75) is 43.0 Å². The molecule has 0 bridgehead atoms. The van der Waals surface area contributed by atoms with Crippen molar-refractivity contribution in [3.05, 3.63) is 77.2 Å². The number of pyridine rings is 2. The summed E-state index contributed by atoms with van der Waals surface area (Å²) < 4.78 is 26.7. The highest BCUT2D eigenvalue weighted by Gasteiger charge is 2.33. The van der Waals surface area contributed by atoms with E-state index < -0.39 is 9.84 Å². The smallest absolute Gasteiger partial charge is 0.252 e. The zero-order valence-corrected chi connectivity index (χ0v) is 19.4. The summed E-state index contributed by atoms with van der Waals surface area (Å²) in [4.78, 5) is 23.2. The Labute approximate surface area is 197 Å². The van der Waals surface area contributed by atoms with Gasteiger partial charge in [-0.1, -0.05) is 24.3 Å². The summed E-state index contributed by atoms with van der Waals surface area (Å²) >= 11 is 0. The molecule has 3 aromatic heterocycles. The molecule has 1 unspecified atom stereocenters. The van der Waals surface area contributed by atoms with E-state index in [-0.39, 0.29) is 17.7 Å². The highest BCUT2D eigenvalue weighted by Crippen LogP contribution is 2.41. The predicted octanol–water partition coefficient (Wildman–Crippen LogP) is 3.65. The van der Waals surface area contributed by atoms with Crippen LogP contribution >= 0.6 is 0 Å². The van der Waals surface area contributed by atoms with Gasteiger partial charge in [-0.25, -0.2) is 18.4 Å². The Kier molecular flexibility index (Phi) is 4.77. The van der Waals surface area contributed by atoms with E-state index in [2.05, 4.69) is 15.4 Å². The number of nitrogens with zero attached hydrogens (tertiary/aromatic N) is 4. The molecular weight excluding hydrogens is 450 g/mol. The van der Waals surface area contributed by atoms with Crippen molar-refractivity contribution in [3.8, 4) is 5.82 Å². The zero-order chi connectivity index (χ0) is 23.4. The average Bonchev–Trinajstić information content (AvgIpc) is 3.65. The van der Waals surface area contributed by atoms with Gasteiger partial charge in [-0.2, -0.15) is 9.78 Å². The lowest BCUT2D eigenvalue weighted by Gasteiger charge is -2.26. The van der Waals surface area contributed by atoms with Crippen LogP contribution in [0.5, 0.6) is 0 Å². The monoisotopic (exact) mass is 473 g/mol. The standard InChI is InChI=1S/C25H23N5O3S/c1-15-23-18(25(31)28-19-11-13-34(32,33)21-7-3-2-6-17(19)21)14-20(16-9-10-16)27-24(23)30(29-15)22-8-4-5-12-26-22/h2-8,12,14,16,19H,9-11,13H2,1H3,(H,28,31). The van der Waals surface area contributed by atoms with Crippen LogP contribution < -0.4 is 5.32 Å². The van der Waals surface area contributed by atoms with Gasteiger partial charge in [-0.3, -0.25) is 4.79 Å². The normalized spacial score (nSPS) is 19.0. The molecule has 0 saturated heterocycles. The third kappa shape index (κ3) is 3.47. The Morgan fingerprint density at radius 3 is 2.65 bits per heavy atom. The number of sulfone groups is 1. The van der Waals surface area contributed by atoms with E-state index in [4.69, 9.17) is 4.98 Å². The van der Waals surface area contributed by atoms with Crippen LogP contribution in [0.3, 0.4) is 0 Å². The fourth-order valence-electron chi connectivity index (χ4n) is 4.69. The largest absolute Gasteiger partial charge is 0.345 e. The number of rotatable bonds is 4. The molecule has 6 rings (SSSR count). The van der Waals surface area contributed by atoms with Crippen LogP contribution in [-0.2, 0) is 9.84 Å². The molecule has 1 fully saturated rings. The molecular formula is C25H23N5O3S. The Bertz CT molecular complexity index is 1540. The SMILES string of the molecule is Cc1nn(-c2ccccn2)c2nc(C3CC3)cc(C(=O)NC3CCS(=O)(=O)c4ccccc43)c12. The number of nitrogens with one attached hydrogen (secondary N) is 1. The molecule has 1 N–H and O–H groups in total. The zero-order valence-electron chi connectivity index (χ0n) is 18.6. The summed E-state index contributed by atoms with van der Waals surface area (Å²) in [6, 6.07) is 14.0. The first-order chi connectivity index (χ1) is 16.4. The molecule has 34 heavy (non-hydrogen) atoms. The maximum Gasteiger partial charge on any atom is 0.252 e. The minimum atomic E-state index is -3.34. The fraction of sp³-hybridized carbons (Fsp3) is 0.280. The van der Waals surface area contributed by atoms with Gasteiger partial charge in [-0.15, -0.1) is 0 Å². The number of carbonyl (C=O) groups is 1. The quantitative estimate of drug-likeness (QED) is 0.485. The number of amides is 1. The van der Waals surface area contributed by atoms with Crippen LogP contribution in [0, 0.1) is 6.92 Å². The Hall–Kier alpha value is -3.59. The Morgan fingerprint density at radius 1 is 1.09 bits per heavy atom. The maximum atomic E-state index is 13.7. The van der Waals surface area contributed by atoms with E-state index in [9.17, 15) is 13.2 Å². The van der Waals surface area contributed by atoms with Gasteiger partial charge in [0, 0.05) is 17.8 Å². The topological polar surface area (TPSA) is 107 Å². The summed E-state index contributed by atoms with van der Waals surface area (Å²) in [7, 11) is -3.34. The number of hydrogen-bond acceptors (Lipinski definition) is 6. The second kappa shape index (κ2) is 7.73. The highest BCUT2D eigenvalue weighted by molar-refractivity contribution is 7.91. The van der Waals surface area contributed by atoms with Crippen molar-refractivity contribution in [2.24, 2.45) is 0 Å². The van der Waals surface area contributed by atoms with E-state index in [0.717, 1.165) is 18.5 Å². The summed E-state index contributed by atoms with van der Waals surface area (Å²) in [5.74, 6) is 0.727. The van der Waals surface area contributed by atoms with Crippen molar-refractivity contribution in [2.75, 3.05) is 5.75 Å². The number of aryl methyl sites for hydroxylation is 1. The van der Waals surface area contributed by atoms with Crippen LogP contribution in [-0.4, -0.2) is 39.8 Å². The van der Waals surface area contributed by atoms with Crippen molar-refractivity contribution in [1.82, 2.24) is 25.1 Å². The minimum Gasteiger partial charge on any atom is -0.345 e. The number of aromatic nitrogens is 4. The first-order valence-corrected chi connectivity index (χ1v) is 13.0. The molecule has 1 atom stereocenters. The van der Waals surface area contributed by atoms with Gasteiger partial charge in [0.05, 0.1) is 33.3 Å². The third-order valence-corrected chi connectivity index (χ3v) is 8.36. The Balaban J connectivity index is 1.45. The summed E-state index contributed by atoms with van der Waals surface area (Å²) in [5.41, 5.74) is 3.32. The molecule has 172 valence electrons. The van der Waals surface area contributed by atoms with Gasteiger partial charge in [0.25, 0.3) is 5.91 Å². The summed E-state index contributed by atoms with van der Waals surface area (Å²) in [5, 5.41) is 8.44. The van der Waals surface area contributed by atoms with Crippen molar-refractivity contribution in [1.29, 1.82) is 0 Å². The lowest BCUT2D eigenvalue weighted by molar-refractivity contribution is 0.0936. The van der Waals surface area contributed by atoms with E-state index >= 15 is 0 Å². The lowest BCUT2D eigenvalue weighted by Crippen LogP contribution is -2.34. The van der Waals surface area contributed by atoms with Crippen LogP contribution in [0.15, 0.2) is 59.6 Å². The maximum absolute atomic E-state index is 13.7. The molecule has 4 aromatic rings. The van der Waals surface area contributed by atoms with Crippen molar-refractivity contribution in [3.63, 3.8) is 0 Å². The molecule has 1 saturated carbocycles. The van der Waals surface area contributed by atoms with E-state index in [1.54, 1.807) is 35.1 Å². The van der Waals surface area contributed by atoms with Gasteiger partial charge in [0.1, 0.15) is 0 Å². The van der Waals surface area contributed by atoms with Crippen LogP contribution in [0.1, 0.15) is 58.5 Å². The summed E-state index contributed by atoms with van der Waals surface area (Å²) in [6.45, 7) is 1.86. The van der Waals surface area contributed by atoms with E-state index in [1.807, 2.05) is 31.2 Å². The molecule has 0 spiro atoms. The molecule has 1 aliphatic heterocycles. The first kappa shape index (κ1) is 21.0. The molecule has 1 amide bonds. The number of benzene rings is 1. The number of fused-ring (bicyclic) bond motifs is 2. The minimum absolute atomic E-state index is 0.00464. The highest BCUT2D eigenvalue weighted by atomic mass is 32.2. The first-order valence-electron chi connectivity index (χ1n) is 11.4. The molecule has 2 aliphatic rings. The molecule has 1 aliphatic carbocycles. The molecule has 9 heteroatoms. The van der Waals surface area contributed by atoms with Crippen LogP contribution in [0.4, 0.5) is 0 Å². The third-order valence-electron chi connectivity index (χ3n) is 6.55. The second-order valence-corrected chi connectivity index (χ2v) is 11.0. The molecule has 8 nitrogen and oxygen atoms in total. The Morgan fingerprint density at radius 2 is 1.88 bits per heavy atom. The fourth-order valence-corrected chi connectivity index (χ4v) is 6.31. The van der Waals surface area contributed by atoms with E-state index in [1.165, 1.54) is 0 Å².